The van der Waals surface area contributed by atoms with Crippen LogP contribution in [0, 0.1) is 0 Å². The maximum absolute atomic E-state index is 13.4. The molecule has 166 valence electrons. The van der Waals surface area contributed by atoms with Gasteiger partial charge in [-0.05, 0) is 43.3 Å². The molecule has 4 rings (SSSR count). The van der Waals surface area contributed by atoms with Crippen molar-refractivity contribution in [2.24, 2.45) is 0 Å². The Bertz CT molecular complexity index is 1240. The van der Waals surface area contributed by atoms with Gasteiger partial charge in [0.15, 0.2) is 9.84 Å². The van der Waals surface area contributed by atoms with E-state index < -0.39 is 26.9 Å². The Kier molecular flexibility index (Phi) is 6.00. The fourth-order valence-electron chi connectivity index (χ4n) is 3.67. The average molecular weight is 455 g/mol. The van der Waals surface area contributed by atoms with Crippen LogP contribution >= 0.6 is 0 Å². The third-order valence-electron chi connectivity index (χ3n) is 5.12. The topological polar surface area (TPSA) is 106 Å². The largest absolute Gasteiger partial charge is 0.492 e. The summed E-state index contributed by atoms with van der Waals surface area (Å²) in [5.74, 6) is -0.279. The van der Waals surface area contributed by atoms with E-state index >= 15 is 0 Å². The summed E-state index contributed by atoms with van der Waals surface area (Å²) >= 11 is 0. The summed E-state index contributed by atoms with van der Waals surface area (Å²) in [6.45, 7) is 1.91. The van der Waals surface area contributed by atoms with E-state index in [1.54, 1.807) is 42.5 Å². The fourth-order valence-corrected chi connectivity index (χ4v) is 5.52. The van der Waals surface area contributed by atoms with E-state index in [-0.39, 0.29) is 29.3 Å². The van der Waals surface area contributed by atoms with Gasteiger partial charge in [-0.3, -0.25) is 9.59 Å². The molecule has 1 aliphatic heterocycles. The Morgan fingerprint density at radius 3 is 2.62 bits per heavy atom. The molecule has 0 radical (unpaired) electrons. The Morgan fingerprint density at radius 1 is 1.12 bits per heavy atom. The van der Waals surface area contributed by atoms with Gasteiger partial charge >= 0.3 is 0 Å². The molecule has 2 amide bonds. The van der Waals surface area contributed by atoms with Gasteiger partial charge in [0.2, 0.25) is 11.8 Å². The lowest BCUT2D eigenvalue weighted by Crippen LogP contribution is -2.38. The van der Waals surface area contributed by atoms with Crippen LogP contribution in [0.5, 0.6) is 5.75 Å². The molecule has 8 nitrogen and oxygen atoms in total. The maximum atomic E-state index is 13.4. The number of hydrogen-bond donors (Lipinski definition) is 1. The fraction of sp³-hybridized carbons (Fsp3) is 0.217. The second kappa shape index (κ2) is 8.88. The molecule has 0 bridgehead atoms. The number of carbonyl (C=O) groups excluding carboxylic acids is 2. The minimum atomic E-state index is -3.92. The van der Waals surface area contributed by atoms with Crippen LogP contribution in [0.4, 0.5) is 11.4 Å². The SMILES string of the molecule is CCOc1ccccc1NC(=O)CN1C(=O)CC(c2ccco2)S(=O)(=O)c2ccccc21. The normalized spacial score (nSPS) is 17.3. The molecular weight excluding hydrogens is 432 g/mol. The number of fused-ring (bicyclic) bond motifs is 1. The predicted octanol–water partition coefficient (Wildman–Crippen LogP) is 3.57. The molecular formula is C23H22N2O6S. The van der Waals surface area contributed by atoms with Crippen LogP contribution in [-0.2, 0) is 19.4 Å². The summed E-state index contributed by atoms with van der Waals surface area (Å²) in [6, 6.07) is 16.3. The number of sulfone groups is 1. The highest BCUT2D eigenvalue weighted by atomic mass is 32.2. The zero-order valence-corrected chi connectivity index (χ0v) is 18.2. The summed E-state index contributed by atoms with van der Waals surface area (Å²) in [7, 11) is -3.92. The molecule has 1 aliphatic rings. The molecule has 32 heavy (non-hydrogen) atoms. The van der Waals surface area contributed by atoms with Crippen LogP contribution in [0.25, 0.3) is 0 Å². The number of furan rings is 1. The van der Waals surface area contributed by atoms with Crippen molar-refractivity contribution in [3.63, 3.8) is 0 Å². The van der Waals surface area contributed by atoms with Crippen LogP contribution in [0.3, 0.4) is 0 Å². The number of rotatable bonds is 6. The van der Waals surface area contributed by atoms with Crippen LogP contribution in [-0.4, -0.2) is 33.4 Å². The lowest BCUT2D eigenvalue weighted by molar-refractivity contribution is -0.121. The Balaban J connectivity index is 1.66. The van der Waals surface area contributed by atoms with Gasteiger partial charge in [-0.25, -0.2) is 8.42 Å². The van der Waals surface area contributed by atoms with Gasteiger partial charge in [0.1, 0.15) is 23.3 Å². The number of hydrogen-bond acceptors (Lipinski definition) is 6. The third kappa shape index (κ3) is 4.11. The molecule has 0 saturated carbocycles. The number of para-hydroxylation sites is 3. The lowest BCUT2D eigenvalue weighted by atomic mass is 10.2. The number of anilines is 2. The second-order valence-corrected chi connectivity index (χ2v) is 9.28. The summed E-state index contributed by atoms with van der Waals surface area (Å²) in [5.41, 5.74) is 0.635. The molecule has 0 saturated heterocycles. The van der Waals surface area contributed by atoms with Crippen molar-refractivity contribution in [2.75, 3.05) is 23.4 Å². The van der Waals surface area contributed by atoms with Crippen LogP contribution in [0.1, 0.15) is 24.4 Å². The molecule has 0 fully saturated rings. The average Bonchev–Trinajstić information content (AvgIpc) is 3.29. The summed E-state index contributed by atoms with van der Waals surface area (Å²) in [5, 5.41) is 1.58. The molecule has 1 atom stereocenters. The highest BCUT2D eigenvalue weighted by Gasteiger charge is 2.41. The van der Waals surface area contributed by atoms with E-state index in [1.165, 1.54) is 29.4 Å². The van der Waals surface area contributed by atoms with Crippen molar-refractivity contribution in [1.29, 1.82) is 0 Å². The van der Waals surface area contributed by atoms with Crippen LogP contribution in [0.15, 0.2) is 76.2 Å². The molecule has 1 unspecified atom stereocenters. The smallest absolute Gasteiger partial charge is 0.244 e. The van der Waals surface area contributed by atoms with Crippen molar-refractivity contribution in [2.45, 2.75) is 23.5 Å². The van der Waals surface area contributed by atoms with E-state index in [2.05, 4.69) is 5.32 Å². The van der Waals surface area contributed by atoms with Crippen molar-refractivity contribution in [3.8, 4) is 5.75 Å². The van der Waals surface area contributed by atoms with Gasteiger partial charge in [-0.2, -0.15) is 0 Å². The predicted molar refractivity (Wildman–Crippen MR) is 118 cm³/mol. The number of nitrogens with zero attached hydrogens (tertiary/aromatic N) is 1. The zero-order chi connectivity index (χ0) is 22.7. The van der Waals surface area contributed by atoms with E-state index in [0.717, 1.165) is 0 Å². The Hall–Kier alpha value is -3.59. The van der Waals surface area contributed by atoms with Crippen molar-refractivity contribution in [1.82, 2.24) is 0 Å². The first-order chi connectivity index (χ1) is 15.4. The van der Waals surface area contributed by atoms with Crippen molar-refractivity contribution >= 4 is 33.0 Å². The van der Waals surface area contributed by atoms with Gasteiger partial charge in [0.05, 0.1) is 35.6 Å². The maximum Gasteiger partial charge on any atom is 0.244 e. The minimum absolute atomic E-state index is 0.0187. The van der Waals surface area contributed by atoms with Gasteiger partial charge in [-0.15, -0.1) is 0 Å². The van der Waals surface area contributed by atoms with Crippen LogP contribution < -0.4 is 15.0 Å². The molecule has 1 N–H and O–H groups in total. The highest BCUT2D eigenvalue weighted by molar-refractivity contribution is 7.91. The lowest BCUT2D eigenvalue weighted by Gasteiger charge is -2.22. The molecule has 0 spiro atoms. The standard InChI is InChI=1S/C23H22N2O6S/c1-2-30-18-10-5-3-8-16(18)24-22(26)15-25-17-9-4-6-12-20(17)32(28,29)21(14-23(25)27)19-11-7-13-31-19/h3-13,21H,2,14-15H2,1H3,(H,24,26). The summed E-state index contributed by atoms with van der Waals surface area (Å²) in [6.07, 6.45) is 1.03. The third-order valence-corrected chi connectivity index (χ3v) is 7.23. The first kappa shape index (κ1) is 21.6. The zero-order valence-electron chi connectivity index (χ0n) is 17.4. The van der Waals surface area contributed by atoms with Gasteiger partial charge < -0.3 is 19.4 Å². The molecule has 3 aromatic rings. The van der Waals surface area contributed by atoms with Gasteiger partial charge in [-0.1, -0.05) is 24.3 Å². The number of nitrogens with one attached hydrogen (secondary N) is 1. The number of ether oxygens (including phenoxy) is 1. The van der Waals surface area contributed by atoms with Crippen LogP contribution in [0.2, 0.25) is 0 Å². The first-order valence-electron chi connectivity index (χ1n) is 10.1. The van der Waals surface area contributed by atoms with Crippen molar-refractivity contribution < 1.29 is 27.2 Å². The monoisotopic (exact) mass is 454 g/mol. The molecule has 9 heteroatoms. The second-order valence-electron chi connectivity index (χ2n) is 7.18. The quantitative estimate of drug-likeness (QED) is 0.610. The molecule has 2 heterocycles. The van der Waals surface area contributed by atoms with E-state index in [0.29, 0.717) is 18.0 Å². The van der Waals surface area contributed by atoms with Gasteiger partial charge in [0.25, 0.3) is 0 Å². The number of benzene rings is 2. The molecule has 1 aromatic heterocycles. The van der Waals surface area contributed by atoms with E-state index in [1.807, 2.05) is 6.92 Å². The molecule has 2 aromatic carbocycles. The minimum Gasteiger partial charge on any atom is -0.492 e. The Morgan fingerprint density at radius 2 is 1.88 bits per heavy atom. The summed E-state index contributed by atoms with van der Waals surface area (Å²) < 4.78 is 37.5. The summed E-state index contributed by atoms with van der Waals surface area (Å²) in [4.78, 5) is 27.2. The first-order valence-corrected chi connectivity index (χ1v) is 11.6. The number of amides is 2. The van der Waals surface area contributed by atoms with E-state index in [9.17, 15) is 18.0 Å². The van der Waals surface area contributed by atoms with Gasteiger partial charge in [0, 0.05) is 0 Å². The number of carbonyl (C=O) groups is 2. The highest BCUT2D eigenvalue weighted by Crippen LogP contribution is 2.40. The van der Waals surface area contributed by atoms with E-state index in [4.69, 9.17) is 9.15 Å². The van der Waals surface area contributed by atoms with Crippen molar-refractivity contribution in [3.05, 3.63) is 72.7 Å². The Labute approximate surface area is 185 Å². The molecule has 0 aliphatic carbocycles.